The van der Waals surface area contributed by atoms with Crippen LogP contribution in [0.25, 0.3) is 0 Å². The summed E-state index contributed by atoms with van der Waals surface area (Å²) in [5, 5.41) is 9.28. The molecule has 1 rings (SSSR count). The van der Waals surface area contributed by atoms with Gasteiger partial charge in [-0.05, 0) is 32.5 Å². The maximum atomic E-state index is 11.9. The zero-order valence-corrected chi connectivity index (χ0v) is 16.1. The summed E-state index contributed by atoms with van der Waals surface area (Å²) in [7, 11) is 3.80. The second kappa shape index (κ2) is 14.0. The molecule has 1 amide bonds. The molecule has 146 valence electrons. The second-order valence-electron chi connectivity index (χ2n) is 5.83. The lowest BCUT2D eigenvalue weighted by Gasteiger charge is -2.16. The zero-order chi connectivity index (χ0) is 19.0. The van der Waals surface area contributed by atoms with Crippen LogP contribution >= 0.6 is 0 Å². The van der Waals surface area contributed by atoms with Gasteiger partial charge in [0.05, 0.1) is 12.1 Å². The van der Waals surface area contributed by atoms with Crippen molar-refractivity contribution in [3.63, 3.8) is 0 Å². The molecule has 1 heterocycles. The van der Waals surface area contributed by atoms with Crippen LogP contribution in [0.15, 0.2) is 29.5 Å². The van der Waals surface area contributed by atoms with Gasteiger partial charge in [0.1, 0.15) is 0 Å². The van der Waals surface area contributed by atoms with Crippen LogP contribution in [0.1, 0.15) is 23.7 Å². The SMILES string of the molecule is CCNC(=NCCN(C)CCCOC)NCCNC(=O)c1cccnc1. The molecule has 8 heteroatoms. The third-order valence-electron chi connectivity index (χ3n) is 3.61. The lowest BCUT2D eigenvalue weighted by atomic mass is 10.3. The molecule has 0 atom stereocenters. The Balaban J connectivity index is 2.26. The quantitative estimate of drug-likeness (QED) is 0.281. The van der Waals surface area contributed by atoms with E-state index in [1.807, 2.05) is 6.92 Å². The Bertz CT molecular complexity index is 524. The number of nitrogens with zero attached hydrogens (tertiary/aromatic N) is 3. The Labute approximate surface area is 156 Å². The smallest absolute Gasteiger partial charge is 0.252 e. The van der Waals surface area contributed by atoms with Crippen LogP contribution in [-0.4, -0.2) is 81.8 Å². The Hall–Kier alpha value is -2.19. The maximum Gasteiger partial charge on any atom is 0.252 e. The third-order valence-corrected chi connectivity index (χ3v) is 3.61. The lowest BCUT2D eigenvalue weighted by molar-refractivity contribution is 0.0954. The van der Waals surface area contributed by atoms with Crippen LogP contribution in [0.2, 0.25) is 0 Å². The average Bonchev–Trinajstić information content (AvgIpc) is 2.66. The Morgan fingerprint density at radius 3 is 2.77 bits per heavy atom. The van der Waals surface area contributed by atoms with Crippen LogP contribution in [0.5, 0.6) is 0 Å². The fraction of sp³-hybridized carbons (Fsp3) is 0.611. The molecular formula is C18H32N6O2. The normalized spacial score (nSPS) is 11.5. The van der Waals surface area contributed by atoms with Crippen LogP contribution in [0.4, 0.5) is 0 Å². The van der Waals surface area contributed by atoms with Crippen molar-refractivity contribution in [2.75, 3.05) is 60.0 Å². The summed E-state index contributed by atoms with van der Waals surface area (Å²) in [6.07, 6.45) is 4.22. The summed E-state index contributed by atoms with van der Waals surface area (Å²) in [5.74, 6) is 0.632. The van der Waals surface area contributed by atoms with E-state index in [1.165, 1.54) is 0 Å². The van der Waals surface area contributed by atoms with Gasteiger partial charge in [-0.25, -0.2) is 0 Å². The molecule has 0 aliphatic carbocycles. The summed E-state index contributed by atoms with van der Waals surface area (Å²) in [4.78, 5) is 22.7. The van der Waals surface area contributed by atoms with Gasteiger partial charge in [-0.3, -0.25) is 14.8 Å². The van der Waals surface area contributed by atoms with Crippen molar-refractivity contribution < 1.29 is 9.53 Å². The molecular weight excluding hydrogens is 332 g/mol. The monoisotopic (exact) mass is 364 g/mol. The predicted molar refractivity (Wildman–Crippen MR) is 105 cm³/mol. The van der Waals surface area contributed by atoms with Crippen molar-refractivity contribution in [1.29, 1.82) is 0 Å². The Kier molecular flexibility index (Phi) is 11.8. The van der Waals surface area contributed by atoms with E-state index in [2.05, 4.69) is 37.9 Å². The zero-order valence-electron chi connectivity index (χ0n) is 16.1. The number of amides is 1. The maximum absolute atomic E-state index is 11.9. The van der Waals surface area contributed by atoms with Gasteiger partial charge in [0.2, 0.25) is 0 Å². The van der Waals surface area contributed by atoms with Gasteiger partial charge in [-0.1, -0.05) is 0 Å². The first kappa shape index (κ1) is 21.9. The molecule has 1 aromatic heterocycles. The Morgan fingerprint density at radius 2 is 2.08 bits per heavy atom. The van der Waals surface area contributed by atoms with Gasteiger partial charge < -0.3 is 25.6 Å². The minimum absolute atomic E-state index is 0.125. The second-order valence-corrected chi connectivity index (χ2v) is 5.83. The van der Waals surface area contributed by atoms with Gasteiger partial charge in [-0.15, -0.1) is 0 Å². The lowest BCUT2D eigenvalue weighted by Crippen LogP contribution is -2.42. The number of hydrogen-bond acceptors (Lipinski definition) is 5. The number of carbonyl (C=O) groups excluding carboxylic acids is 1. The van der Waals surface area contributed by atoms with Crippen molar-refractivity contribution >= 4 is 11.9 Å². The van der Waals surface area contributed by atoms with Crippen molar-refractivity contribution in [2.24, 2.45) is 4.99 Å². The van der Waals surface area contributed by atoms with Crippen LogP contribution in [0, 0.1) is 0 Å². The van der Waals surface area contributed by atoms with E-state index in [0.29, 0.717) is 25.2 Å². The molecule has 0 aliphatic heterocycles. The van der Waals surface area contributed by atoms with Gasteiger partial charge in [0.25, 0.3) is 5.91 Å². The molecule has 0 saturated heterocycles. The van der Waals surface area contributed by atoms with Crippen molar-refractivity contribution in [1.82, 2.24) is 25.8 Å². The molecule has 0 aliphatic rings. The number of aromatic nitrogens is 1. The number of methoxy groups -OCH3 is 1. The topological polar surface area (TPSA) is 90.9 Å². The highest BCUT2D eigenvalue weighted by Gasteiger charge is 2.04. The number of hydrogen-bond donors (Lipinski definition) is 3. The number of nitrogens with one attached hydrogen (secondary N) is 3. The summed E-state index contributed by atoms with van der Waals surface area (Å²) >= 11 is 0. The molecule has 0 spiro atoms. The molecule has 0 aromatic carbocycles. The molecule has 1 aromatic rings. The highest BCUT2D eigenvalue weighted by Crippen LogP contribution is 1.94. The predicted octanol–water partition coefficient (Wildman–Crippen LogP) is 0.335. The van der Waals surface area contributed by atoms with Gasteiger partial charge >= 0.3 is 0 Å². The van der Waals surface area contributed by atoms with Crippen LogP contribution in [-0.2, 0) is 4.74 Å². The van der Waals surface area contributed by atoms with E-state index >= 15 is 0 Å². The van der Waals surface area contributed by atoms with E-state index in [4.69, 9.17) is 4.74 Å². The molecule has 0 saturated carbocycles. The van der Waals surface area contributed by atoms with E-state index < -0.39 is 0 Å². The van der Waals surface area contributed by atoms with E-state index in [1.54, 1.807) is 31.6 Å². The van der Waals surface area contributed by atoms with Crippen LogP contribution < -0.4 is 16.0 Å². The first-order chi connectivity index (χ1) is 12.7. The molecule has 0 unspecified atom stereocenters. The van der Waals surface area contributed by atoms with Crippen molar-refractivity contribution in [2.45, 2.75) is 13.3 Å². The number of rotatable bonds is 12. The van der Waals surface area contributed by atoms with Crippen molar-refractivity contribution in [3.8, 4) is 0 Å². The molecule has 3 N–H and O–H groups in total. The number of pyridine rings is 1. The summed E-state index contributed by atoms with van der Waals surface area (Å²) in [6.45, 7) is 7.29. The largest absolute Gasteiger partial charge is 0.385 e. The van der Waals surface area contributed by atoms with Gasteiger partial charge in [0, 0.05) is 58.8 Å². The molecule has 8 nitrogen and oxygen atoms in total. The van der Waals surface area contributed by atoms with Gasteiger partial charge in [-0.2, -0.15) is 0 Å². The number of carbonyl (C=O) groups is 1. The first-order valence-electron chi connectivity index (χ1n) is 9.05. The molecule has 0 bridgehead atoms. The standard InChI is InChI=1S/C18H32N6O2/c1-4-20-18(23-11-13-24(2)12-6-14-26-3)22-10-9-21-17(25)16-7-5-8-19-15-16/h5,7-8,15H,4,6,9-14H2,1-3H3,(H,21,25)(H2,20,22,23). The molecule has 26 heavy (non-hydrogen) atoms. The molecule has 0 radical (unpaired) electrons. The first-order valence-corrected chi connectivity index (χ1v) is 9.05. The minimum Gasteiger partial charge on any atom is -0.385 e. The van der Waals surface area contributed by atoms with Crippen molar-refractivity contribution in [3.05, 3.63) is 30.1 Å². The highest BCUT2D eigenvalue weighted by molar-refractivity contribution is 5.93. The average molecular weight is 364 g/mol. The van der Waals surface area contributed by atoms with E-state index in [9.17, 15) is 4.79 Å². The van der Waals surface area contributed by atoms with Crippen LogP contribution in [0.3, 0.4) is 0 Å². The summed E-state index contributed by atoms with van der Waals surface area (Å²) in [6, 6.07) is 3.49. The summed E-state index contributed by atoms with van der Waals surface area (Å²) < 4.78 is 5.06. The minimum atomic E-state index is -0.125. The Morgan fingerprint density at radius 1 is 1.27 bits per heavy atom. The number of guanidine groups is 1. The number of likely N-dealkylation sites (N-methyl/N-ethyl adjacent to an activating group) is 1. The third kappa shape index (κ3) is 9.95. The number of aliphatic imine (C=N–C) groups is 1. The number of ether oxygens (including phenoxy) is 1. The highest BCUT2D eigenvalue weighted by atomic mass is 16.5. The van der Waals surface area contributed by atoms with E-state index in [0.717, 1.165) is 38.6 Å². The summed E-state index contributed by atoms with van der Waals surface area (Å²) in [5.41, 5.74) is 0.560. The van der Waals surface area contributed by atoms with Gasteiger partial charge in [0.15, 0.2) is 5.96 Å². The molecule has 0 fully saturated rings. The van der Waals surface area contributed by atoms with E-state index in [-0.39, 0.29) is 5.91 Å². The fourth-order valence-electron chi connectivity index (χ4n) is 2.22. The fourth-order valence-corrected chi connectivity index (χ4v) is 2.22.